The van der Waals surface area contributed by atoms with Crippen LogP contribution in [0.25, 0.3) is 0 Å². The van der Waals surface area contributed by atoms with Crippen molar-refractivity contribution < 1.29 is 19.1 Å². The largest absolute Gasteiger partial charge is 0.480 e. The van der Waals surface area contributed by atoms with E-state index in [4.69, 9.17) is 21.1 Å². The summed E-state index contributed by atoms with van der Waals surface area (Å²) in [6.45, 7) is 1.83. The van der Waals surface area contributed by atoms with Gasteiger partial charge in [-0.25, -0.2) is 0 Å². The number of hydrogen-bond donors (Lipinski definition) is 2. The summed E-state index contributed by atoms with van der Waals surface area (Å²) >= 11 is 5.82. The van der Waals surface area contributed by atoms with Crippen molar-refractivity contribution in [2.75, 3.05) is 26.2 Å². The van der Waals surface area contributed by atoms with E-state index in [0.29, 0.717) is 25.2 Å². The molecule has 110 valence electrons. The van der Waals surface area contributed by atoms with Gasteiger partial charge in [-0.3, -0.25) is 9.59 Å². The zero-order valence-electron chi connectivity index (χ0n) is 11.0. The monoisotopic (exact) mass is 300 g/mol. The molecule has 1 unspecified atom stereocenters. The van der Waals surface area contributed by atoms with Crippen molar-refractivity contribution >= 4 is 23.5 Å². The van der Waals surface area contributed by atoms with Crippen LogP contribution in [0.4, 0.5) is 0 Å². The molecule has 2 heterocycles. The van der Waals surface area contributed by atoms with Crippen LogP contribution in [0.5, 0.6) is 0 Å². The Labute approximate surface area is 121 Å². The van der Waals surface area contributed by atoms with E-state index in [1.54, 1.807) is 11.0 Å². The summed E-state index contributed by atoms with van der Waals surface area (Å²) in [4.78, 5) is 24.5. The molecule has 0 bridgehead atoms. The minimum Gasteiger partial charge on any atom is -0.480 e. The Morgan fingerprint density at radius 1 is 1.55 bits per heavy atom. The van der Waals surface area contributed by atoms with E-state index in [0.717, 1.165) is 12.8 Å². The summed E-state index contributed by atoms with van der Waals surface area (Å²) in [7, 11) is 0. The highest BCUT2D eigenvalue weighted by molar-refractivity contribution is 6.32. The van der Waals surface area contributed by atoms with Gasteiger partial charge in [-0.05, 0) is 36.4 Å². The molecule has 1 atom stereocenters. The van der Waals surface area contributed by atoms with Crippen LogP contribution in [0.1, 0.15) is 23.2 Å². The Kier molecular flexibility index (Phi) is 5.03. The molecule has 2 rings (SSSR count). The fourth-order valence-corrected chi connectivity index (χ4v) is 2.61. The number of nitrogens with one attached hydrogen (secondary N) is 1. The summed E-state index contributed by atoms with van der Waals surface area (Å²) < 4.78 is 4.93. The maximum atomic E-state index is 12.3. The molecule has 1 amide bonds. The van der Waals surface area contributed by atoms with Crippen molar-refractivity contribution in [2.24, 2.45) is 5.92 Å². The van der Waals surface area contributed by atoms with Gasteiger partial charge in [0.2, 0.25) is 5.22 Å². The number of nitrogens with zero attached hydrogens (tertiary/aromatic N) is 1. The van der Waals surface area contributed by atoms with E-state index in [1.807, 2.05) is 0 Å². The first-order valence-corrected chi connectivity index (χ1v) is 6.90. The summed E-state index contributed by atoms with van der Waals surface area (Å²) in [5.74, 6) is -0.747. The molecule has 1 aliphatic heterocycles. The predicted molar refractivity (Wildman–Crippen MR) is 72.9 cm³/mol. The molecule has 6 nitrogen and oxygen atoms in total. The summed E-state index contributed by atoms with van der Waals surface area (Å²) in [6.07, 6.45) is 3.28. The lowest BCUT2D eigenvalue weighted by atomic mass is 9.97. The van der Waals surface area contributed by atoms with Gasteiger partial charge in [0, 0.05) is 19.6 Å². The molecule has 7 heteroatoms. The number of carboxylic acid groups (broad SMARTS) is 1. The standard InChI is InChI=1S/C13H17ClN2O4/c14-12-10(3-5-20-12)13(19)16-4-1-2-9(8-16)6-15-7-11(17)18/h3,5,9,15H,1-2,4,6-8H2,(H,17,18). The second-order valence-electron chi connectivity index (χ2n) is 4.89. The number of carbonyl (C=O) groups excluding carboxylic acids is 1. The van der Waals surface area contributed by atoms with Gasteiger partial charge in [-0.2, -0.15) is 0 Å². The quantitative estimate of drug-likeness (QED) is 0.860. The van der Waals surface area contributed by atoms with Gasteiger partial charge in [0.05, 0.1) is 18.4 Å². The SMILES string of the molecule is O=C(O)CNCC1CCCN(C(=O)c2ccoc2Cl)C1. The van der Waals surface area contributed by atoms with E-state index in [2.05, 4.69) is 5.32 Å². The number of amides is 1. The Bertz CT molecular complexity index is 488. The van der Waals surface area contributed by atoms with Crippen LogP contribution in [0.15, 0.2) is 16.7 Å². The van der Waals surface area contributed by atoms with Crippen molar-refractivity contribution in [3.05, 3.63) is 23.1 Å². The molecule has 0 aliphatic carbocycles. The Hall–Kier alpha value is -1.53. The predicted octanol–water partition coefficient (Wildman–Crippen LogP) is 1.46. The number of carboxylic acids is 1. The molecule has 20 heavy (non-hydrogen) atoms. The highest BCUT2D eigenvalue weighted by Gasteiger charge is 2.26. The minimum atomic E-state index is -0.876. The van der Waals surface area contributed by atoms with Gasteiger partial charge < -0.3 is 19.7 Å². The van der Waals surface area contributed by atoms with Crippen LogP contribution in [0.2, 0.25) is 5.22 Å². The Balaban J connectivity index is 1.88. The molecule has 2 N–H and O–H groups in total. The van der Waals surface area contributed by atoms with Crippen molar-refractivity contribution in [3.8, 4) is 0 Å². The number of aliphatic carboxylic acids is 1. The number of carbonyl (C=O) groups is 2. The maximum absolute atomic E-state index is 12.3. The van der Waals surface area contributed by atoms with Gasteiger partial charge in [0.25, 0.3) is 5.91 Å². The smallest absolute Gasteiger partial charge is 0.317 e. The minimum absolute atomic E-state index is 0.0575. The Morgan fingerprint density at radius 3 is 3.00 bits per heavy atom. The number of likely N-dealkylation sites (tertiary alicyclic amines) is 1. The molecule has 1 aromatic rings. The number of piperidine rings is 1. The van der Waals surface area contributed by atoms with E-state index >= 15 is 0 Å². The van der Waals surface area contributed by atoms with Gasteiger partial charge in [0.15, 0.2) is 0 Å². The Morgan fingerprint density at radius 2 is 2.35 bits per heavy atom. The zero-order chi connectivity index (χ0) is 14.5. The third-order valence-corrected chi connectivity index (χ3v) is 3.66. The van der Waals surface area contributed by atoms with Crippen LogP contribution in [-0.2, 0) is 4.79 Å². The lowest BCUT2D eigenvalue weighted by Crippen LogP contribution is -2.43. The molecule has 0 saturated carbocycles. The number of rotatable bonds is 5. The zero-order valence-corrected chi connectivity index (χ0v) is 11.7. The lowest BCUT2D eigenvalue weighted by Gasteiger charge is -2.32. The average molecular weight is 301 g/mol. The topological polar surface area (TPSA) is 82.8 Å². The normalized spacial score (nSPS) is 19.1. The second-order valence-corrected chi connectivity index (χ2v) is 5.24. The maximum Gasteiger partial charge on any atom is 0.317 e. The fraction of sp³-hybridized carbons (Fsp3) is 0.538. The second kappa shape index (κ2) is 6.76. The molecule has 0 aromatic carbocycles. The lowest BCUT2D eigenvalue weighted by molar-refractivity contribution is -0.136. The van der Waals surface area contributed by atoms with Crippen LogP contribution in [-0.4, -0.2) is 48.1 Å². The van der Waals surface area contributed by atoms with Gasteiger partial charge in [-0.15, -0.1) is 0 Å². The summed E-state index contributed by atoms with van der Waals surface area (Å²) in [5, 5.41) is 11.6. The molecule has 0 radical (unpaired) electrons. The molecule has 1 aliphatic rings. The van der Waals surface area contributed by atoms with Gasteiger partial charge >= 0.3 is 5.97 Å². The molecule has 0 spiro atoms. The highest BCUT2D eigenvalue weighted by atomic mass is 35.5. The number of halogens is 1. The van der Waals surface area contributed by atoms with Crippen molar-refractivity contribution in [1.82, 2.24) is 10.2 Å². The van der Waals surface area contributed by atoms with Crippen molar-refractivity contribution in [1.29, 1.82) is 0 Å². The van der Waals surface area contributed by atoms with Crippen LogP contribution in [0.3, 0.4) is 0 Å². The molecule has 1 fully saturated rings. The summed E-state index contributed by atoms with van der Waals surface area (Å²) in [5.41, 5.74) is 0.380. The van der Waals surface area contributed by atoms with Gasteiger partial charge in [0.1, 0.15) is 0 Å². The van der Waals surface area contributed by atoms with E-state index in [-0.39, 0.29) is 23.6 Å². The van der Waals surface area contributed by atoms with E-state index in [1.165, 1.54) is 6.26 Å². The first-order valence-electron chi connectivity index (χ1n) is 6.52. The molecular formula is C13H17ClN2O4. The van der Waals surface area contributed by atoms with Crippen LogP contribution < -0.4 is 5.32 Å². The molecular weight excluding hydrogens is 284 g/mol. The third kappa shape index (κ3) is 3.74. The summed E-state index contributed by atoms with van der Waals surface area (Å²) in [6, 6.07) is 1.57. The fourth-order valence-electron chi connectivity index (χ4n) is 2.42. The first-order chi connectivity index (χ1) is 9.58. The van der Waals surface area contributed by atoms with Gasteiger partial charge in [-0.1, -0.05) is 0 Å². The first kappa shape index (κ1) is 14.9. The van der Waals surface area contributed by atoms with E-state index < -0.39 is 5.97 Å². The third-order valence-electron chi connectivity index (χ3n) is 3.36. The number of furan rings is 1. The number of hydrogen-bond acceptors (Lipinski definition) is 4. The molecule has 1 aromatic heterocycles. The van der Waals surface area contributed by atoms with E-state index in [9.17, 15) is 9.59 Å². The van der Waals surface area contributed by atoms with Crippen molar-refractivity contribution in [3.63, 3.8) is 0 Å². The van der Waals surface area contributed by atoms with Crippen molar-refractivity contribution in [2.45, 2.75) is 12.8 Å². The van der Waals surface area contributed by atoms with Crippen LogP contribution in [0, 0.1) is 5.92 Å². The average Bonchev–Trinajstić information content (AvgIpc) is 2.84. The highest BCUT2D eigenvalue weighted by Crippen LogP contribution is 2.22. The molecule has 1 saturated heterocycles. The van der Waals surface area contributed by atoms with Crippen LogP contribution >= 0.6 is 11.6 Å².